The normalized spacial score (nSPS) is 15.2. The molecule has 4 aromatic heterocycles. The van der Waals surface area contributed by atoms with E-state index in [0.29, 0.717) is 11.5 Å². The zero-order chi connectivity index (χ0) is 24.5. The summed E-state index contributed by atoms with van der Waals surface area (Å²) in [5.74, 6) is 0.317. The van der Waals surface area contributed by atoms with Gasteiger partial charge >= 0.3 is 0 Å². The molecule has 1 saturated heterocycles. The Labute approximate surface area is 204 Å². The highest BCUT2D eigenvalue weighted by Crippen LogP contribution is 2.33. The molecule has 0 aromatic carbocycles. The average molecular weight is 466 g/mol. The molecule has 8 heteroatoms. The first-order valence-electron chi connectivity index (χ1n) is 11.8. The number of likely N-dealkylation sites (tertiary alicyclic amines) is 1. The number of amides is 1. The van der Waals surface area contributed by atoms with Crippen LogP contribution < -0.4 is 0 Å². The number of piperidine rings is 1. The minimum atomic E-state index is -0.148. The minimum Gasteiger partial charge on any atom is -0.342 e. The maximum absolute atomic E-state index is 12.4. The Bertz CT molecular complexity index is 1430. The van der Waals surface area contributed by atoms with Crippen LogP contribution in [-0.2, 0) is 11.8 Å². The van der Waals surface area contributed by atoms with E-state index in [4.69, 9.17) is 4.98 Å². The van der Waals surface area contributed by atoms with Gasteiger partial charge in [-0.05, 0) is 25.0 Å². The molecule has 0 bridgehead atoms. The summed E-state index contributed by atoms with van der Waals surface area (Å²) in [6, 6.07) is 8.45. The molecule has 0 radical (unpaired) electrons. The number of pyridine rings is 2. The molecule has 1 aliphatic rings. The van der Waals surface area contributed by atoms with E-state index in [-0.39, 0.29) is 11.8 Å². The van der Waals surface area contributed by atoms with Crippen LogP contribution in [0.1, 0.15) is 36.9 Å². The van der Waals surface area contributed by atoms with Gasteiger partial charge < -0.3 is 4.90 Å². The van der Waals surface area contributed by atoms with Crippen LogP contribution in [0.5, 0.6) is 0 Å². The first kappa shape index (κ1) is 22.5. The summed E-state index contributed by atoms with van der Waals surface area (Å²) < 4.78 is 3.51. The van der Waals surface area contributed by atoms with Gasteiger partial charge in [0.2, 0.25) is 5.91 Å². The van der Waals surface area contributed by atoms with Crippen molar-refractivity contribution in [3.05, 3.63) is 73.1 Å². The number of carbonyl (C=O) groups is 1. The number of hydrogen-bond acceptors (Lipinski definition) is 5. The summed E-state index contributed by atoms with van der Waals surface area (Å²) in [4.78, 5) is 19.2. The van der Waals surface area contributed by atoms with Crippen molar-refractivity contribution in [2.75, 3.05) is 13.1 Å². The Morgan fingerprint density at radius 1 is 1.14 bits per heavy atom. The zero-order valence-corrected chi connectivity index (χ0v) is 19.9. The van der Waals surface area contributed by atoms with Crippen LogP contribution in [0.4, 0.5) is 0 Å². The maximum atomic E-state index is 12.4. The fourth-order valence-corrected chi connectivity index (χ4v) is 4.74. The third-order valence-electron chi connectivity index (χ3n) is 6.84. The van der Waals surface area contributed by atoms with E-state index in [9.17, 15) is 10.1 Å². The fraction of sp³-hybridized carbons (Fsp3) is 0.296. The highest BCUT2D eigenvalue weighted by molar-refractivity contribution is 5.87. The van der Waals surface area contributed by atoms with Crippen molar-refractivity contribution in [3.8, 4) is 28.3 Å². The van der Waals surface area contributed by atoms with Gasteiger partial charge in [0, 0.05) is 72.6 Å². The number of fused-ring (bicyclic) bond motifs is 1. The van der Waals surface area contributed by atoms with Crippen molar-refractivity contribution in [3.63, 3.8) is 0 Å². The summed E-state index contributed by atoms with van der Waals surface area (Å²) in [5, 5.41) is 18.3. The van der Waals surface area contributed by atoms with Gasteiger partial charge in [-0.2, -0.15) is 15.5 Å². The molecule has 1 amide bonds. The van der Waals surface area contributed by atoms with Gasteiger partial charge in [0.1, 0.15) is 6.07 Å². The van der Waals surface area contributed by atoms with Crippen LogP contribution in [0.25, 0.3) is 27.8 Å². The number of carbonyl (C=O) groups excluding carboxylic acids is 1. The van der Waals surface area contributed by atoms with Gasteiger partial charge in [-0.25, -0.2) is 4.52 Å². The van der Waals surface area contributed by atoms with Crippen LogP contribution >= 0.6 is 0 Å². The number of aryl methyl sites for hydroxylation is 1. The second-order valence-corrected chi connectivity index (χ2v) is 9.10. The van der Waals surface area contributed by atoms with Crippen molar-refractivity contribution in [2.45, 2.75) is 25.7 Å². The Hall–Kier alpha value is -4.25. The molecule has 1 aliphatic heterocycles. The molecule has 1 atom stereocenters. The molecular weight excluding hydrogens is 438 g/mol. The van der Waals surface area contributed by atoms with E-state index in [1.54, 1.807) is 21.5 Å². The summed E-state index contributed by atoms with van der Waals surface area (Å²) in [7, 11) is 1.88. The number of nitrogens with zero attached hydrogens (tertiary/aromatic N) is 7. The van der Waals surface area contributed by atoms with Crippen molar-refractivity contribution in [1.82, 2.24) is 29.3 Å². The molecule has 8 nitrogen and oxygen atoms in total. The van der Waals surface area contributed by atoms with Gasteiger partial charge in [0.15, 0.2) is 0 Å². The first-order valence-corrected chi connectivity index (χ1v) is 11.8. The molecule has 176 valence electrons. The summed E-state index contributed by atoms with van der Waals surface area (Å²) in [6.45, 7) is 7.10. The lowest BCUT2D eigenvalue weighted by molar-refractivity contribution is -0.134. The first-order chi connectivity index (χ1) is 17.0. The zero-order valence-electron chi connectivity index (χ0n) is 19.9. The SMILES string of the molecule is C=CC(C)C(=O)N1CCC(c2ccc(-c3cc(-c4cnn(C)c4)cn4ncc(C#N)c34)cn2)CC1. The van der Waals surface area contributed by atoms with E-state index in [2.05, 4.69) is 41.0 Å². The van der Waals surface area contributed by atoms with E-state index in [0.717, 1.165) is 59.4 Å². The maximum Gasteiger partial charge on any atom is 0.229 e. The third kappa shape index (κ3) is 4.21. The second kappa shape index (κ2) is 9.18. The highest BCUT2D eigenvalue weighted by atomic mass is 16.2. The Balaban J connectivity index is 1.43. The summed E-state index contributed by atoms with van der Waals surface area (Å²) in [6.07, 6.45) is 12.6. The molecule has 0 N–H and O–H groups in total. The van der Waals surface area contributed by atoms with Crippen LogP contribution in [0.15, 0.2) is 61.8 Å². The molecule has 0 spiro atoms. The molecule has 5 rings (SSSR count). The average Bonchev–Trinajstić information content (AvgIpc) is 3.53. The van der Waals surface area contributed by atoms with Crippen molar-refractivity contribution in [2.24, 2.45) is 13.0 Å². The molecule has 1 unspecified atom stereocenters. The minimum absolute atomic E-state index is 0.147. The Morgan fingerprint density at radius 2 is 1.94 bits per heavy atom. The predicted octanol–water partition coefficient (Wildman–Crippen LogP) is 4.20. The van der Waals surface area contributed by atoms with Gasteiger partial charge in [0.25, 0.3) is 0 Å². The largest absolute Gasteiger partial charge is 0.342 e. The van der Waals surface area contributed by atoms with E-state index < -0.39 is 0 Å². The quantitative estimate of drug-likeness (QED) is 0.412. The lowest BCUT2D eigenvalue weighted by Gasteiger charge is -2.33. The van der Waals surface area contributed by atoms with Gasteiger partial charge in [-0.1, -0.05) is 19.1 Å². The molecule has 4 aromatic rings. The molecule has 35 heavy (non-hydrogen) atoms. The monoisotopic (exact) mass is 465 g/mol. The number of aromatic nitrogens is 5. The van der Waals surface area contributed by atoms with E-state index in [1.165, 1.54) is 0 Å². The highest BCUT2D eigenvalue weighted by Gasteiger charge is 2.26. The van der Waals surface area contributed by atoms with Crippen LogP contribution in [0, 0.1) is 17.2 Å². The van der Waals surface area contributed by atoms with Crippen LogP contribution in [0.3, 0.4) is 0 Å². The van der Waals surface area contributed by atoms with Gasteiger partial charge in [0.05, 0.1) is 29.4 Å². The standard InChI is InChI=1S/C27H27N7O/c1-4-18(2)27(35)33-9-7-19(8-10-33)25-6-5-20(13-29-25)24-11-21(23-15-30-32(3)16-23)17-34-26(24)22(12-28)14-31-34/h4-6,11,13-19H,1,7-10H2,2-3H3. The van der Waals surface area contributed by atoms with Crippen LogP contribution in [-0.4, -0.2) is 48.3 Å². The summed E-state index contributed by atoms with van der Waals surface area (Å²) >= 11 is 0. The predicted molar refractivity (Wildman–Crippen MR) is 133 cm³/mol. The third-order valence-corrected chi connectivity index (χ3v) is 6.84. The molecular formula is C27H27N7O. The number of rotatable bonds is 5. The van der Waals surface area contributed by atoms with E-state index in [1.807, 2.05) is 43.7 Å². The Kier molecular flexibility index (Phi) is 5.91. The molecule has 5 heterocycles. The van der Waals surface area contributed by atoms with Crippen molar-refractivity contribution >= 4 is 11.4 Å². The topological polar surface area (TPSA) is 92.1 Å². The van der Waals surface area contributed by atoms with Gasteiger partial charge in [-0.3, -0.25) is 14.5 Å². The fourth-order valence-electron chi connectivity index (χ4n) is 4.74. The number of nitriles is 1. The molecule has 1 fully saturated rings. The van der Waals surface area contributed by atoms with E-state index >= 15 is 0 Å². The molecule has 0 saturated carbocycles. The van der Waals surface area contributed by atoms with Crippen molar-refractivity contribution < 1.29 is 4.79 Å². The van der Waals surface area contributed by atoms with Gasteiger partial charge in [-0.15, -0.1) is 6.58 Å². The number of hydrogen-bond donors (Lipinski definition) is 0. The lowest BCUT2D eigenvalue weighted by Crippen LogP contribution is -2.40. The second-order valence-electron chi connectivity index (χ2n) is 9.10. The lowest BCUT2D eigenvalue weighted by atomic mass is 9.91. The van der Waals surface area contributed by atoms with Crippen LogP contribution in [0.2, 0.25) is 0 Å². The summed E-state index contributed by atoms with van der Waals surface area (Å²) in [5.41, 5.74) is 6.08. The Morgan fingerprint density at radius 3 is 2.57 bits per heavy atom. The molecule has 0 aliphatic carbocycles. The van der Waals surface area contributed by atoms with Crippen molar-refractivity contribution in [1.29, 1.82) is 5.26 Å². The smallest absolute Gasteiger partial charge is 0.229 e.